The van der Waals surface area contributed by atoms with Crippen molar-refractivity contribution in [3.05, 3.63) is 33.6 Å². The zero-order valence-corrected chi connectivity index (χ0v) is 13.5. The summed E-state index contributed by atoms with van der Waals surface area (Å²) in [6, 6.07) is 2.11. The van der Waals surface area contributed by atoms with Crippen LogP contribution in [0.4, 0.5) is 5.82 Å². The summed E-state index contributed by atoms with van der Waals surface area (Å²) < 4.78 is 0.982. The van der Waals surface area contributed by atoms with Crippen LogP contribution in [0, 0.1) is 13.8 Å². The highest BCUT2D eigenvalue weighted by Crippen LogP contribution is 2.44. The van der Waals surface area contributed by atoms with Gasteiger partial charge in [-0.05, 0) is 53.7 Å². The number of hydrogen-bond donors (Lipinski definition) is 1. The number of nitrogens with one attached hydrogen (secondary N) is 1. The maximum absolute atomic E-state index is 4.74. The van der Waals surface area contributed by atoms with Crippen LogP contribution in [0.15, 0.2) is 16.7 Å². The standard InChI is InChI=1S/C15H17BrN4/c1-8-6-9(2)12(18-7-8)15-19-13(10-4-5-10)11(16)14(17-3)20-15/h6-7,10H,4-5H2,1-3H3,(H,17,19,20). The lowest BCUT2D eigenvalue weighted by atomic mass is 10.1. The molecule has 0 radical (unpaired) electrons. The minimum atomic E-state index is 0.559. The highest BCUT2D eigenvalue weighted by molar-refractivity contribution is 9.10. The summed E-state index contributed by atoms with van der Waals surface area (Å²) in [5.41, 5.74) is 4.22. The largest absolute Gasteiger partial charge is 0.372 e. The van der Waals surface area contributed by atoms with E-state index < -0.39 is 0 Å². The molecule has 1 aliphatic rings. The summed E-state index contributed by atoms with van der Waals surface area (Å²) in [4.78, 5) is 13.8. The molecule has 20 heavy (non-hydrogen) atoms. The number of pyridine rings is 1. The molecule has 0 saturated heterocycles. The highest BCUT2D eigenvalue weighted by atomic mass is 79.9. The lowest BCUT2D eigenvalue weighted by molar-refractivity contribution is 0.971. The Hall–Kier alpha value is -1.49. The third kappa shape index (κ3) is 2.42. The molecule has 0 atom stereocenters. The van der Waals surface area contributed by atoms with Gasteiger partial charge in [0.25, 0.3) is 0 Å². The van der Waals surface area contributed by atoms with Gasteiger partial charge in [0, 0.05) is 19.2 Å². The fraction of sp³-hybridized carbons (Fsp3) is 0.400. The van der Waals surface area contributed by atoms with Crippen molar-refractivity contribution >= 4 is 21.7 Å². The van der Waals surface area contributed by atoms with E-state index in [0.717, 1.165) is 32.8 Å². The first-order chi connectivity index (χ1) is 9.60. The third-order valence-corrected chi connectivity index (χ3v) is 4.29. The van der Waals surface area contributed by atoms with Gasteiger partial charge in [-0.1, -0.05) is 6.07 Å². The summed E-state index contributed by atoms with van der Waals surface area (Å²) in [6.45, 7) is 4.09. The maximum Gasteiger partial charge on any atom is 0.180 e. The van der Waals surface area contributed by atoms with E-state index in [0.29, 0.717) is 11.7 Å². The normalized spacial score (nSPS) is 14.4. The lowest BCUT2D eigenvalue weighted by Crippen LogP contribution is -2.04. The monoisotopic (exact) mass is 332 g/mol. The molecule has 0 amide bonds. The molecular weight excluding hydrogens is 316 g/mol. The van der Waals surface area contributed by atoms with Gasteiger partial charge in [0.1, 0.15) is 11.5 Å². The molecule has 1 fully saturated rings. The zero-order chi connectivity index (χ0) is 14.3. The second-order valence-electron chi connectivity index (χ2n) is 5.30. The second-order valence-corrected chi connectivity index (χ2v) is 6.09. The average molecular weight is 333 g/mol. The van der Waals surface area contributed by atoms with Crippen molar-refractivity contribution in [2.45, 2.75) is 32.6 Å². The van der Waals surface area contributed by atoms with E-state index in [-0.39, 0.29) is 0 Å². The summed E-state index contributed by atoms with van der Waals surface area (Å²) in [5.74, 6) is 2.10. The Kier molecular flexibility index (Phi) is 3.46. The van der Waals surface area contributed by atoms with Gasteiger partial charge in [-0.3, -0.25) is 4.98 Å². The highest BCUT2D eigenvalue weighted by Gasteiger charge is 2.29. The van der Waals surface area contributed by atoms with Gasteiger partial charge >= 0.3 is 0 Å². The molecule has 0 unspecified atom stereocenters. The Morgan fingerprint density at radius 3 is 2.60 bits per heavy atom. The van der Waals surface area contributed by atoms with E-state index in [9.17, 15) is 0 Å². The number of aromatic nitrogens is 3. The first kappa shape index (κ1) is 13.5. The van der Waals surface area contributed by atoms with Gasteiger partial charge < -0.3 is 5.32 Å². The maximum atomic E-state index is 4.74. The second kappa shape index (κ2) is 5.13. The summed E-state index contributed by atoms with van der Waals surface area (Å²) in [5, 5.41) is 3.13. The number of rotatable bonds is 3. The number of nitrogens with zero attached hydrogens (tertiary/aromatic N) is 3. The molecule has 1 saturated carbocycles. The predicted octanol–water partition coefficient (Wildman–Crippen LogP) is 3.84. The first-order valence-electron chi connectivity index (χ1n) is 6.79. The molecule has 1 N–H and O–H groups in total. The van der Waals surface area contributed by atoms with Crippen LogP contribution in [0.1, 0.15) is 35.6 Å². The molecule has 4 nitrogen and oxygen atoms in total. The molecule has 0 spiro atoms. The van der Waals surface area contributed by atoms with Crippen molar-refractivity contribution in [2.24, 2.45) is 0 Å². The molecule has 104 valence electrons. The Morgan fingerprint density at radius 2 is 2.00 bits per heavy atom. The van der Waals surface area contributed by atoms with Crippen LogP contribution in [0.3, 0.4) is 0 Å². The van der Waals surface area contributed by atoms with Gasteiger partial charge in [0.15, 0.2) is 5.82 Å². The topological polar surface area (TPSA) is 50.7 Å². The van der Waals surface area contributed by atoms with E-state index in [4.69, 9.17) is 4.98 Å². The average Bonchev–Trinajstić information content (AvgIpc) is 3.24. The fourth-order valence-electron chi connectivity index (χ4n) is 2.31. The summed E-state index contributed by atoms with van der Waals surface area (Å²) in [6.07, 6.45) is 4.28. The van der Waals surface area contributed by atoms with Gasteiger partial charge in [-0.2, -0.15) is 0 Å². The van der Waals surface area contributed by atoms with Crippen molar-refractivity contribution in [3.63, 3.8) is 0 Å². The zero-order valence-electron chi connectivity index (χ0n) is 11.9. The van der Waals surface area contributed by atoms with Crippen LogP contribution in [0.5, 0.6) is 0 Å². The van der Waals surface area contributed by atoms with E-state index in [1.807, 2.05) is 20.2 Å². The van der Waals surface area contributed by atoms with Crippen molar-refractivity contribution in [3.8, 4) is 11.5 Å². The van der Waals surface area contributed by atoms with Crippen molar-refractivity contribution in [2.75, 3.05) is 12.4 Å². The van der Waals surface area contributed by atoms with E-state index >= 15 is 0 Å². The molecule has 0 bridgehead atoms. The Labute approximate surface area is 127 Å². The van der Waals surface area contributed by atoms with Gasteiger partial charge in [-0.15, -0.1) is 0 Å². The summed E-state index contributed by atoms with van der Waals surface area (Å²) in [7, 11) is 1.88. The van der Waals surface area contributed by atoms with Crippen LogP contribution in [-0.4, -0.2) is 22.0 Å². The molecule has 2 aromatic rings. The third-order valence-electron chi connectivity index (χ3n) is 3.50. The van der Waals surface area contributed by atoms with Crippen molar-refractivity contribution < 1.29 is 0 Å². The van der Waals surface area contributed by atoms with Crippen LogP contribution >= 0.6 is 15.9 Å². The molecule has 1 aliphatic carbocycles. The first-order valence-corrected chi connectivity index (χ1v) is 7.58. The predicted molar refractivity (Wildman–Crippen MR) is 84.0 cm³/mol. The van der Waals surface area contributed by atoms with E-state index in [1.54, 1.807) is 0 Å². The SMILES string of the molecule is CNc1nc(-c2ncc(C)cc2C)nc(C2CC2)c1Br. The molecule has 2 aromatic heterocycles. The molecule has 0 aliphatic heterocycles. The minimum absolute atomic E-state index is 0.559. The Morgan fingerprint density at radius 1 is 1.25 bits per heavy atom. The summed E-state index contributed by atoms with van der Waals surface area (Å²) >= 11 is 3.61. The molecule has 3 rings (SSSR count). The molecule has 2 heterocycles. The van der Waals surface area contributed by atoms with E-state index in [2.05, 4.69) is 44.2 Å². The molecule has 0 aromatic carbocycles. The van der Waals surface area contributed by atoms with Crippen LogP contribution in [-0.2, 0) is 0 Å². The van der Waals surface area contributed by atoms with E-state index in [1.165, 1.54) is 12.8 Å². The Bertz CT molecular complexity index is 665. The molecular formula is C15H17BrN4. The number of anilines is 1. The fourth-order valence-corrected chi connectivity index (χ4v) is 3.01. The Balaban J connectivity index is 2.15. The van der Waals surface area contributed by atoms with Crippen LogP contribution < -0.4 is 5.32 Å². The van der Waals surface area contributed by atoms with Gasteiger partial charge in [0.05, 0.1) is 10.2 Å². The quantitative estimate of drug-likeness (QED) is 0.927. The van der Waals surface area contributed by atoms with Crippen LogP contribution in [0.2, 0.25) is 0 Å². The number of aryl methyl sites for hydroxylation is 2. The lowest BCUT2D eigenvalue weighted by Gasteiger charge is -2.11. The van der Waals surface area contributed by atoms with Crippen molar-refractivity contribution in [1.82, 2.24) is 15.0 Å². The number of halogens is 1. The van der Waals surface area contributed by atoms with Gasteiger partial charge in [-0.25, -0.2) is 9.97 Å². The van der Waals surface area contributed by atoms with Gasteiger partial charge in [0.2, 0.25) is 0 Å². The minimum Gasteiger partial charge on any atom is -0.372 e. The van der Waals surface area contributed by atoms with Crippen LogP contribution in [0.25, 0.3) is 11.5 Å². The molecule has 5 heteroatoms. The smallest absolute Gasteiger partial charge is 0.180 e. The number of hydrogen-bond acceptors (Lipinski definition) is 4. The van der Waals surface area contributed by atoms with Crippen molar-refractivity contribution in [1.29, 1.82) is 0 Å².